The number of aromatic nitrogens is 2. The van der Waals surface area contributed by atoms with Gasteiger partial charge < -0.3 is 5.73 Å². The first-order chi connectivity index (χ1) is 8.70. The van der Waals surface area contributed by atoms with Gasteiger partial charge in [-0.05, 0) is 25.8 Å². The van der Waals surface area contributed by atoms with Crippen LogP contribution >= 0.6 is 0 Å². The van der Waals surface area contributed by atoms with Crippen molar-refractivity contribution in [1.82, 2.24) is 14.7 Å². The maximum absolute atomic E-state index is 5.94. The molecule has 1 atom stereocenters. The first-order valence-corrected chi connectivity index (χ1v) is 7.09. The van der Waals surface area contributed by atoms with E-state index in [1.807, 2.05) is 17.9 Å². The molecule has 2 rings (SSSR count). The molecule has 1 aliphatic carbocycles. The minimum absolute atomic E-state index is 0.306. The van der Waals surface area contributed by atoms with Gasteiger partial charge in [0.05, 0.1) is 6.20 Å². The number of nitrogens with two attached hydrogens (primary N) is 1. The molecule has 1 aromatic rings. The zero-order valence-electron chi connectivity index (χ0n) is 11.7. The summed E-state index contributed by atoms with van der Waals surface area (Å²) >= 11 is 0. The highest BCUT2D eigenvalue weighted by Gasteiger charge is 2.21. The van der Waals surface area contributed by atoms with E-state index in [4.69, 9.17) is 5.73 Å². The summed E-state index contributed by atoms with van der Waals surface area (Å²) in [5.74, 6) is 0.856. The number of hydrogen-bond donors (Lipinski definition) is 1. The molecule has 0 aromatic carbocycles. The largest absolute Gasteiger partial charge is 0.329 e. The Labute approximate surface area is 110 Å². The van der Waals surface area contributed by atoms with Gasteiger partial charge in [-0.15, -0.1) is 0 Å². The number of aryl methyl sites for hydroxylation is 1. The van der Waals surface area contributed by atoms with E-state index in [-0.39, 0.29) is 0 Å². The van der Waals surface area contributed by atoms with Crippen molar-refractivity contribution in [3.8, 4) is 0 Å². The molecule has 0 radical (unpaired) electrons. The molecule has 0 aliphatic heterocycles. The Morgan fingerprint density at radius 3 is 2.72 bits per heavy atom. The van der Waals surface area contributed by atoms with Crippen LogP contribution in [-0.2, 0) is 7.05 Å². The van der Waals surface area contributed by atoms with Gasteiger partial charge >= 0.3 is 0 Å². The summed E-state index contributed by atoms with van der Waals surface area (Å²) in [6.07, 6.45) is 11.0. The highest BCUT2D eigenvalue weighted by molar-refractivity contribution is 5.11. The second kappa shape index (κ2) is 6.34. The normalized spacial score (nSPS) is 19.3. The summed E-state index contributed by atoms with van der Waals surface area (Å²) in [5, 5.41) is 4.25. The molecule has 0 amide bonds. The van der Waals surface area contributed by atoms with Crippen LogP contribution in [0.4, 0.5) is 0 Å². The predicted molar refractivity (Wildman–Crippen MR) is 74.2 cm³/mol. The monoisotopic (exact) mass is 250 g/mol. The van der Waals surface area contributed by atoms with E-state index >= 15 is 0 Å². The van der Waals surface area contributed by atoms with Crippen molar-refractivity contribution in [3.05, 3.63) is 18.0 Å². The van der Waals surface area contributed by atoms with Crippen LogP contribution < -0.4 is 5.73 Å². The van der Waals surface area contributed by atoms with Crippen LogP contribution in [0.2, 0.25) is 0 Å². The molecule has 1 fully saturated rings. The third-order valence-electron chi connectivity index (χ3n) is 4.14. The number of rotatable bonds is 5. The highest BCUT2D eigenvalue weighted by atomic mass is 15.2. The van der Waals surface area contributed by atoms with E-state index < -0.39 is 0 Å². The third kappa shape index (κ3) is 3.33. The van der Waals surface area contributed by atoms with Crippen molar-refractivity contribution in [2.24, 2.45) is 18.7 Å². The summed E-state index contributed by atoms with van der Waals surface area (Å²) in [7, 11) is 4.15. The van der Waals surface area contributed by atoms with Crippen molar-refractivity contribution in [1.29, 1.82) is 0 Å². The van der Waals surface area contributed by atoms with E-state index in [1.54, 1.807) is 0 Å². The second-order valence-corrected chi connectivity index (χ2v) is 5.64. The van der Waals surface area contributed by atoms with Gasteiger partial charge in [-0.2, -0.15) is 5.10 Å². The van der Waals surface area contributed by atoms with Crippen molar-refractivity contribution in [3.63, 3.8) is 0 Å². The Morgan fingerprint density at radius 1 is 1.44 bits per heavy atom. The summed E-state index contributed by atoms with van der Waals surface area (Å²) in [4.78, 5) is 2.41. The van der Waals surface area contributed by atoms with E-state index in [0.29, 0.717) is 12.6 Å². The van der Waals surface area contributed by atoms with Crippen LogP contribution in [0.25, 0.3) is 0 Å². The first kappa shape index (κ1) is 13.6. The van der Waals surface area contributed by atoms with Gasteiger partial charge in [0.2, 0.25) is 0 Å². The van der Waals surface area contributed by atoms with Crippen LogP contribution in [-0.4, -0.2) is 34.8 Å². The Kier molecular flexibility index (Phi) is 4.78. The van der Waals surface area contributed by atoms with Crippen molar-refractivity contribution < 1.29 is 0 Å². The zero-order chi connectivity index (χ0) is 13.0. The molecule has 4 nitrogen and oxygen atoms in total. The van der Waals surface area contributed by atoms with Gasteiger partial charge in [0.15, 0.2) is 0 Å². The van der Waals surface area contributed by atoms with Crippen LogP contribution in [0.1, 0.15) is 43.7 Å². The minimum atomic E-state index is 0.306. The average molecular weight is 250 g/mol. The molecular weight excluding hydrogens is 224 g/mol. The fourth-order valence-electron chi connectivity index (χ4n) is 3.09. The van der Waals surface area contributed by atoms with Gasteiger partial charge in [0, 0.05) is 37.9 Å². The molecule has 2 N–H and O–H groups in total. The lowest BCUT2D eigenvalue weighted by atomic mass is 9.88. The van der Waals surface area contributed by atoms with Crippen LogP contribution in [0.15, 0.2) is 12.4 Å². The van der Waals surface area contributed by atoms with E-state index in [2.05, 4.69) is 23.2 Å². The zero-order valence-corrected chi connectivity index (χ0v) is 11.7. The van der Waals surface area contributed by atoms with Crippen LogP contribution in [0, 0.1) is 5.92 Å². The molecule has 1 saturated carbocycles. The summed E-state index contributed by atoms with van der Waals surface area (Å²) in [6, 6.07) is 0.306. The average Bonchev–Trinajstić information content (AvgIpc) is 2.78. The number of hydrogen-bond acceptors (Lipinski definition) is 3. The summed E-state index contributed by atoms with van der Waals surface area (Å²) in [6.45, 7) is 1.83. The molecule has 0 spiro atoms. The molecule has 4 heteroatoms. The number of likely N-dealkylation sites (N-methyl/N-ethyl adjacent to an activating group) is 1. The second-order valence-electron chi connectivity index (χ2n) is 5.64. The van der Waals surface area contributed by atoms with Gasteiger partial charge in [-0.25, -0.2) is 0 Å². The minimum Gasteiger partial charge on any atom is -0.329 e. The van der Waals surface area contributed by atoms with E-state index in [9.17, 15) is 0 Å². The van der Waals surface area contributed by atoms with E-state index in [1.165, 1.54) is 37.7 Å². The molecule has 102 valence electrons. The third-order valence-corrected chi connectivity index (χ3v) is 4.14. The molecule has 0 bridgehead atoms. The van der Waals surface area contributed by atoms with E-state index in [0.717, 1.165) is 12.5 Å². The SMILES string of the molecule is CN(CC1CCCCC1)C(CN)c1cnn(C)c1. The lowest BCUT2D eigenvalue weighted by Gasteiger charge is -2.31. The molecule has 18 heavy (non-hydrogen) atoms. The Balaban J connectivity index is 1.94. The topological polar surface area (TPSA) is 47.1 Å². The lowest BCUT2D eigenvalue weighted by molar-refractivity contribution is 0.185. The van der Waals surface area contributed by atoms with Crippen LogP contribution in [0.3, 0.4) is 0 Å². The Hall–Kier alpha value is -0.870. The maximum atomic E-state index is 5.94. The van der Waals surface area contributed by atoms with Crippen molar-refractivity contribution >= 4 is 0 Å². The molecule has 1 aromatic heterocycles. The van der Waals surface area contributed by atoms with Gasteiger partial charge in [0.25, 0.3) is 0 Å². The highest BCUT2D eigenvalue weighted by Crippen LogP contribution is 2.27. The molecule has 1 aliphatic rings. The quantitative estimate of drug-likeness (QED) is 0.868. The molecular formula is C14H26N4. The smallest absolute Gasteiger partial charge is 0.0538 e. The van der Waals surface area contributed by atoms with Crippen molar-refractivity contribution in [2.45, 2.75) is 38.1 Å². The Morgan fingerprint density at radius 2 is 2.17 bits per heavy atom. The lowest BCUT2D eigenvalue weighted by Crippen LogP contribution is -2.34. The molecule has 0 saturated heterocycles. The van der Waals surface area contributed by atoms with Crippen LogP contribution in [0.5, 0.6) is 0 Å². The maximum Gasteiger partial charge on any atom is 0.0538 e. The molecule has 1 unspecified atom stereocenters. The van der Waals surface area contributed by atoms with Gasteiger partial charge in [-0.3, -0.25) is 9.58 Å². The molecule has 1 heterocycles. The predicted octanol–water partition coefficient (Wildman–Crippen LogP) is 1.93. The number of nitrogens with zero attached hydrogens (tertiary/aromatic N) is 3. The fraction of sp³-hybridized carbons (Fsp3) is 0.786. The standard InChI is InChI=1S/C14H26N4/c1-17(10-12-6-4-3-5-7-12)14(8-15)13-9-16-18(2)11-13/h9,11-12,14H,3-8,10,15H2,1-2H3. The Bertz CT molecular complexity index is 354. The van der Waals surface area contributed by atoms with Crippen molar-refractivity contribution in [2.75, 3.05) is 20.1 Å². The summed E-state index contributed by atoms with van der Waals surface area (Å²) in [5.41, 5.74) is 7.18. The first-order valence-electron chi connectivity index (χ1n) is 7.09. The van der Waals surface area contributed by atoms with Gasteiger partial charge in [0.1, 0.15) is 0 Å². The fourth-order valence-corrected chi connectivity index (χ4v) is 3.09. The van der Waals surface area contributed by atoms with Gasteiger partial charge in [-0.1, -0.05) is 19.3 Å². The summed E-state index contributed by atoms with van der Waals surface area (Å²) < 4.78 is 1.85.